The lowest BCUT2D eigenvalue weighted by Crippen LogP contribution is -2.32. The number of anilines is 3. The maximum absolute atomic E-state index is 13.6. The van der Waals surface area contributed by atoms with Crippen LogP contribution in [0.1, 0.15) is 31.7 Å². The monoisotopic (exact) mass is 355 g/mol. The predicted octanol–water partition coefficient (Wildman–Crippen LogP) is 4.56. The van der Waals surface area contributed by atoms with E-state index in [0.29, 0.717) is 11.3 Å². The highest BCUT2D eigenvalue weighted by Gasteiger charge is 2.14. The van der Waals surface area contributed by atoms with Crippen LogP contribution in [0.25, 0.3) is 0 Å². The van der Waals surface area contributed by atoms with Crippen LogP contribution in [-0.2, 0) is 4.79 Å². The Labute approximate surface area is 154 Å². The van der Waals surface area contributed by atoms with Gasteiger partial charge < -0.3 is 15.5 Å². The minimum absolute atomic E-state index is 0.201. The Morgan fingerprint density at radius 3 is 2.35 bits per heavy atom. The van der Waals surface area contributed by atoms with E-state index in [1.165, 1.54) is 31.0 Å². The Bertz CT molecular complexity index is 754. The molecule has 3 rings (SSSR count). The van der Waals surface area contributed by atoms with E-state index in [1.54, 1.807) is 26.0 Å². The van der Waals surface area contributed by atoms with Crippen molar-refractivity contribution in [2.75, 3.05) is 28.6 Å². The van der Waals surface area contributed by atoms with Crippen molar-refractivity contribution in [1.29, 1.82) is 0 Å². The van der Waals surface area contributed by atoms with Crippen LogP contribution in [0.15, 0.2) is 42.5 Å². The lowest BCUT2D eigenvalue weighted by molar-refractivity contribution is -0.116. The fraction of sp³-hybridized carbons (Fsp3) is 0.381. The summed E-state index contributed by atoms with van der Waals surface area (Å²) < 4.78 is 13.6. The quantitative estimate of drug-likeness (QED) is 0.826. The van der Waals surface area contributed by atoms with Gasteiger partial charge in [-0.15, -0.1) is 0 Å². The highest BCUT2D eigenvalue weighted by atomic mass is 19.1. The summed E-state index contributed by atoms with van der Waals surface area (Å²) in [6.07, 6.45) is 3.81. The molecule has 0 bridgehead atoms. The molecule has 4 nitrogen and oxygen atoms in total. The van der Waals surface area contributed by atoms with Crippen LogP contribution in [-0.4, -0.2) is 25.0 Å². The maximum Gasteiger partial charge on any atom is 0.246 e. The third-order valence-electron chi connectivity index (χ3n) is 4.80. The fourth-order valence-corrected chi connectivity index (χ4v) is 3.16. The number of rotatable bonds is 5. The number of aryl methyl sites for hydroxylation is 1. The molecule has 0 radical (unpaired) electrons. The van der Waals surface area contributed by atoms with Gasteiger partial charge in [-0.2, -0.15) is 0 Å². The average molecular weight is 355 g/mol. The molecule has 0 aromatic heterocycles. The van der Waals surface area contributed by atoms with Gasteiger partial charge in [0, 0.05) is 30.2 Å². The summed E-state index contributed by atoms with van der Waals surface area (Å²) in [6, 6.07) is 12.5. The van der Waals surface area contributed by atoms with E-state index in [1.807, 2.05) is 12.1 Å². The molecule has 138 valence electrons. The van der Waals surface area contributed by atoms with Crippen LogP contribution >= 0.6 is 0 Å². The van der Waals surface area contributed by atoms with Gasteiger partial charge in [-0.05, 0) is 75.1 Å². The second-order valence-corrected chi connectivity index (χ2v) is 6.91. The van der Waals surface area contributed by atoms with Crippen molar-refractivity contribution in [3.05, 3.63) is 53.8 Å². The molecule has 5 heteroatoms. The van der Waals surface area contributed by atoms with E-state index in [9.17, 15) is 9.18 Å². The number of hydrogen-bond acceptors (Lipinski definition) is 3. The van der Waals surface area contributed by atoms with Crippen molar-refractivity contribution in [3.63, 3.8) is 0 Å². The number of halogens is 1. The minimum atomic E-state index is -0.430. The molecule has 26 heavy (non-hydrogen) atoms. The normalized spacial score (nSPS) is 15.4. The molecule has 1 amide bonds. The van der Waals surface area contributed by atoms with Gasteiger partial charge in [-0.1, -0.05) is 6.07 Å². The number of hydrogen-bond donors (Lipinski definition) is 2. The van der Waals surface area contributed by atoms with Gasteiger partial charge in [-0.25, -0.2) is 4.39 Å². The molecule has 2 aromatic carbocycles. The standard InChI is InChI=1S/C21H26FN3O/c1-15-6-7-18(14-20(15)22)24-21(26)16(2)23-17-8-10-19(11-9-17)25-12-4-3-5-13-25/h6-11,14,16,23H,3-5,12-13H2,1-2H3,(H,24,26). The molecular formula is C21H26FN3O. The van der Waals surface area contributed by atoms with Gasteiger partial charge in [0.1, 0.15) is 11.9 Å². The molecule has 1 aliphatic rings. The van der Waals surface area contributed by atoms with Crippen molar-refractivity contribution in [2.24, 2.45) is 0 Å². The van der Waals surface area contributed by atoms with Gasteiger partial charge in [0.25, 0.3) is 0 Å². The number of nitrogens with one attached hydrogen (secondary N) is 2. The number of piperidine rings is 1. The van der Waals surface area contributed by atoms with Crippen LogP contribution in [0.4, 0.5) is 21.5 Å². The molecule has 0 aliphatic carbocycles. The summed E-state index contributed by atoms with van der Waals surface area (Å²) in [5.41, 5.74) is 3.14. The van der Waals surface area contributed by atoms with Crippen molar-refractivity contribution < 1.29 is 9.18 Å². The first-order valence-electron chi connectivity index (χ1n) is 9.21. The lowest BCUT2D eigenvalue weighted by atomic mass is 10.1. The predicted molar refractivity (Wildman–Crippen MR) is 105 cm³/mol. The van der Waals surface area contributed by atoms with Crippen LogP contribution in [0.2, 0.25) is 0 Å². The minimum Gasteiger partial charge on any atom is -0.374 e. The van der Waals surface area contributed by atoms with Gasteiger partial charge in [0.05, 0.1) is 0 Å². The third kappa shape index (κ3) is 4.54. The van der Waals surface area contributed by atoms with E-state index in [2.05, 4.69) is 27.7 Å². The van der Waals surface area contributed by atoms with Crippen LogP contribution in [0, 0.1) is 12.7 Å². The average Bonchev–Trinajstić information content (AvgIpc) is 2.66. The zero-order chi connectivity index (χ0) is 18.5. The molecule has 1 unspecified atom stereocenters. The molecular weight excluding hydrogens is 329 g/mol. The summed E-state index contributed by atoms with van der Waals surface area (Å²) in [4.78, 5) is 14.7. The van der Waals surface area contributed by atoms with E-state index in [-0.39, 0.29) is 11.7 Å². The fourth-order valence-electron chi connectivity index (χ4n) is 3.16. The summed E-state index contributed by atoms with van der Waals surface area (Å²) >= 11 is 0. The zero-order valence-corrected chi connectivity index (χ0v) is 15.4. The Morgan fingerprint density at radius 1 is 1.04 bits per heavy atom. The molecule has 2 N–H and O–H groups in total. The smallest absolute Gasteiger partial charge is 0.246 e. The zero-order valence-electron chi connectivity index (χ0n) is 15.4. The Balaban J connectivity index is 1.57. The highest BCUT2D eigenvalue weighted by Crippen LogP contribution is 2.22. The lowest BCUT2D eigenvalue weighted by Gasteiger charge is -2.29. The largest absolute Gasteiger partial charge is 0.374 e. The summed E-state index contributed by atoms with van der Waals surface area (Å²) in [5.74, 6) is -0.523. The molecule has 1 fully saturated rings. The summed E-state index contributed by atoms with van der Waals surface area (Å²) in [7, 11) is 0. The van der Waals surface area contributed by atoms with Gasteiger partial charge in [-0.3, -0.25) is 4.79 Å². The van der Waals surface area contributed by atoms with E-state index >= 15 is 0 Å². The first-order chi connectivity index (χ1) is 12.5. The Kier molecular flexibility index (Phi) is 5.76. The van der Waals surface area contributed by atoms with E-state index in [4.69, 9.17) is 0 Å². The molecule has 2 aromatic rings. The van der Waals surface area contributed by atoms with Crippen LogP contribution in [0.3, 0.4) is 0 Å². The highest BCUT2D eigenvalue weighted by molar-refractivity contribution is 5.96. The number of carbonyl (C=O) groups excluding carboxylic acids is 1. The molecule has 1 aliphatic heterocycles. The third-order valence-corrected chi connectivity index (χ3v) is 4.80. The summed E-state index contributed by atoms with van der Waals surface area (Å²) in [6.45, 7) is 5.70. The number of carbonyl (C=O) groups is 1. The molecule has 1 atom stereocenters. The maximum atomic E-state index is 13.6. The van der Waals surface area contributed by atoms with Crippen molar-refractivity contribution in [1.82, 2.24) is 0 Å². The van der Waals surface area contributed by atoms with Crippen molar-refractivity contribution in [3.8, 4) is 0 Å². The molecule has 1 heterocycles. The van der Waals surface area contributed by atoms with Crippen molar-refractivity contribution in [2.45, 2.75) is 39.2 Å². The molecule has 0 saturated carbocycles. The molecule has 1 saturated heterocycles. The van der Waals surface area contributed by atoms with Crippen molar-refractivity contribution >= 4 is 23.0 Å². The van der Waals surface area contributed by atoms with Crippen LogP contribution in [0.5, 0.6) is 0 Å². The van der Waals surface area contributed by atoms with Gasteiger partial charge in [0.15, 0.2) is 0 Å². The Morgan fingerprint density at radius 2 is 1.69 bits per heavy atom. The first kappa shape index (κ1) is 18.2. The topological polar surface area (TPSA) is 44.4 Å². The Hall–Kier alpha value is -2.56. The van der Waals surface area contributed by atoms with Crippen LogP contribution < -0.4 is 15.5 Å². The van der Waals surface area contributed by atoms with Gasteiger partial charge in [0.2, 0.25) is 5.91 Å². The van der Waals surface area contributed by atoms with Gasteiger partial charge >= 0.3 is 0 Å². The summed E-state index contributed by atoms with van der Waals surface area (Å²) in [5, 5.41) is 5.94. The number of amides is 1. The second-order valence-electron chi connectivity index (χ2n) is 6.91. The second kappa shape index (κ2) is 8.21. The van der Waals surface area contributed by atoms with E-state index in [0.717, 1.165) is 18.8 Å². The number of benzene rings is 2. The number of nitrogens with zero attached hydrogens (tertiary/aromatic N) is 1. The van der Waals surface area contributed by atoms with E-state index < -0.39 is 6.04 Å². The first-order valence-corrected chi connectivity index (χ1v) is 9.21. The molecule has 0 spiro atoms. The SMILES string of the molecule is Cc1ccc(NC(=O)C(C)Nc2ccc(N3CCCCC3)cc2)cc1F.